The smallest absolute Gasteiger partial charge is 0.211 e. The number of sulfonamides is 1. The number of aliphatic hydroxyl groups excluding tert-OH is 1. The van der Waals surface area contributed by atoms with Gasteiger partial charge < -0.3 is 5.11 Å². The van der Waals surface area contributed by atoms with Gasteiger partial charge in [0.25, 0.3) is 0 Å². The molecule has 1 aliphatic rings. The Morgan fingerprint density at radius 2 is 2.00 bits per heavy atom. The van der Waals surface area contributed by atoms with E-state index in [9.17, 15) is 8.42 Å². The molecule has 1 aliphatic carbocycles. The lowest BCUT2D eigenvalue weighted by Crippen LogP contribution is -2.47. The van der Waals surface area contributed by atoms with Crippen LogP contribution in [0.4, 0.5) is 0 Å². The molecule has 1 rings (SSSR count). The maximum Gasteiger partial charge on any atom is 0.211 e. The number of rotatable bonds is 6. The van der Waals surface area contributed by atoms with Crippen LogP contribution in [-0.2, 0) is 10.0 Å². The Morgan fingerprint density at radius 1 is 1.29 bits per heavy atom. The van der Waals surface area contributed by atoms with Gasteiger partial charge in [0.1, 0.15) is 0 Å². The van der Waals surface area contributed by atoms with Crippen molar-refractivity contribution < 1.29 is 13.5 Å². The van der Waals surface area contributed by atoms with E-state index in [1.807, 2.05) is 0 Å². The summed E-state index contributed by atoms with van der Waals surface area (Å²) in [5, 5.41) is 8.65. The lowest BCUT2D eigenvalue weighted by molar-refractivity contribution is 0.188. The molecular weight excluding hydrogens is 238 g/mol. The first-order valence-corrected chi connectivity index (χ1v) is 8.13. The summed E-state index contributed by atoms with van der Waals surface area (Å²) in [5.41, 5.74) is 0.0578. The van der Waals surface area contributed by atoms with Gasteiger partial charge in [-0.3, -0.25) is 0 Å². The van der Waals surface area contributed by atoms with Crippen molar-refractivity contribution in [1.82, 2.24) is 4.72 Å². The molecule has 1 atom stereocenters. The molecule has 0 heterocycles. The van der Waals surface area contributed by atoms with E-state index in [1.165, 1.54) is 6.42 Å². The fourth-order valence-electron chi connectivity index (χ4n) is 2.39. The summed E-state index contributed by atoms with van der Waals surface area (Å²) < 4.78 is 26.6. The van der Waals surface area contributed by atoms with Crippen molar-refractivity contribution in [2.45, 2.75) is 58.4 Å². The minimum Gasteiger partial charge on any atom is -0.396 e. The Labute approximate surface area is 105 Å². The minimum absolute atomic E-state index is 0.0578. The van der Waals surface area contributed by atoms with E-state index >= 15 is 0 Å². The van der Waals surface area contributed by atoms with E-state index in [1.54, 1.807) is 0 Å². The second-order valence-corrected chi connectivity index (χ2v) is 7.53. The van der Waals surface area contributed by atoms with Crippen molar-refractivity contribution >= 4 is 10.0 Å². The SMILES string of the molecule is CC1(C)CCCCC1NS(=O)(=O)CCCCO. The highest BCUT2D eigenvalue weighted by Crippen LogP contribution is 2.35. The molecule has 1 saturated carbocycles. The normalized spacial score (nSPS) is 24.8. The standard InChI is InChI=1S/C12H25NO3S/c1-12(2)8-4-3-7-11(12)13-17(15,16)10-6-5-9-14/h11,13-14H,3-10H2,1-2H3. The summed E-state index contributed by atoms with van der Waals surface area (Å²) >= 11 is 0. The largest absolute Gasteiger partial charge is 0.396 e. The molecule has 0 spiro atoms. The van der Waals surface area contributed by atoms with Gasteiger partial charge in [-0.2, -0.15) is 0 Å². The van der Waals surface area contributed by atoms with Gasteiger partial charge in [0.15, 0.2) is 0 Å². The van der Waals surface area contributed by atoms with Crippen molar-refractivity contribution in [3.05, 3.63) is 0 Å². The Hall–Kier alpha value is -0.130. The van der Waals surface area contributed by atoms with Crippen LogP contribution in [0.2, 0.25) is 0 Å². The second-order valence-electron chi connectivity index (χ2n) is 5.65. The summed E-state index contributed by atoms with van der Waals surface area (Å²) in [6, 6.07) is 0.0652. The van der Waals surface area contributed by atoms with Gasteiger partial charge >= 0.3 is 0 Å². The monoisotopic (exact) mass is 263 g/mol. The quantitative estimate of drug-likeness (QED) is 0.716. The zero-order valence-electron chi connectivity index (χ0n) is 10.9. The maximum absolute atomic E-state index is 11.9. The van der Waals surface area contributed by atoms with Crippen molar-refractivity contribution in [2.75, 3.05) is 12.4 Å². The lowest BCUT2D eigenvalue weighted by atomic mass is 9.74. The van der Waals surface area contributed by atoms with Gasteiger partial charge in [-0.15, -0.1) is 0 Å². The van der Waals surface area contributed by atoms with E-state index in [-0.39, 0.29) is 23.8 Å². The average Bonchev–Trinajstić information content (AvgIpc) is 2.21. The summed E-state index contributed by atoms with van der Waals surface area (Å²) in [4.78, 5) is 0. The molecule has 0 aliphatic heterocycles. The first-order chi connectivity index (χ1) is 7.87. The summed E-state index contributed by atoms with van der Waals surface area (Å²) in [6.45, 7) is 4.32. The van der Waals surface area contributed by atoms with Crippen molar-refractivity contribution in [2.24, 2.45) is 5.41 Å². The third-order valence-corrected chi connectivity index (χ3v) is 5.12. The van der Waals surface area contributed by atoms with Gasteiger partial charge in [-0.1, -0.05) is 26.7 Å². The molecule has 0 aromatic heterocycles. The molecule has 17 heavy (non-hydrogen) atoms. The Morgan fingerprint density at radius 3 is 2.59 bits per heavy atom. The van der Waals surface area contributed by atoms with Gasteiger partial charge in [-0.05, 0) is 31.1 Å². The minimum atomic E-state index is -3.19. The van der Waals surface area contributed by atoms with E-state index in [4.69, 9.17) is 5.11 Å². The molecule has 0 bridgehead atoms. The first-order valence-electron chi connectivity index (χ1n) is 6.48. The molecule has 0 aromatic rings. The average molecular weight is 263 g/mol. The number of hydrogen-bond acceptors (Lipinski definition) is 3. The van der Waals surface area contributed by atoms with E-state index in [0.717, 1.165) is 19.3 Å². The Balaban J connectivity index is 2.51. The number of unbranched alkanes of at least 4 members (excludes halogenated alkanes) is 1. The predicted molar refractivity (Wildman–Crippen MR) is 69.3 cm³/mol. The van der Waals surface area contributed by atoms with Crippen molar-refractivity contribution in [3.8, 4) is 0 Å². The van der Waals surface area contributed by atoms with Crippen LogP contribution >= 0.6 is 0 Å². The van der Waals surface area contributed by atoms with Crippen LogP contribution in [0.3, 0.4) is 0 Å². The molecule has 0 saturated heterocycles. The molecule has 4 nitrogen and oxygen atoms in total. The molecular formula is C12H25NO3S. The fraction of sp³-hybridized carbons (Fsp3) is 1.00. The van der Waals surface area contributed by atoms with Gasteiger partial charge in [-0.25, -0.2) is 13.1 Å². The van der Waals surface area contributed by atoms with Gasteiger partial charge in [0.05, 0.1) is 5.75 Å². The van der Waals surface area contributed by atoms with Crippen LogP contribution in [0.5, 0.6) is 0 Å². The number of aliphatic hydroxyl groups is 1. The van der Waals surface area contributed by atoms with Gasteiger partial charge in [0.2, 0.25) is 10.0 Å². The van der Waals surface area contributed by atoms with Crippen LogP contribution in [0.1, 0.15) is 52.4 Å². The highest BCUT2D eigenvalue weighted by molar-refractivity contribution is 7.89. The number of nitrogens with one attached hydrogen (secondary N) is 1. The maximum atomic E-state index is 11.9. The Kier molecular flexibility index (Phi) is 5.41. The Bertz CT molecular complexity index is 325. The predicted octanol–water partition coefficient (Wildman–Crippen LogP) is 1.65. The molecule has 0 aromatic carbocycles. The zero-order chi connectivity index (χ0) is 12.9. The number of hydrogen-bond donors (Lipinski definition) is 2. The van der Waals surface area contributed by atoms with Crippen LogP contribution < -0.4 is 4.72 Å². The molecule has 5 heteroatoms. The van der Waals surface area contributed by atoms with E-state index in [2.05, 4.69) is 18.6 Å². The fourth-order valence-corrected chi connectivity index (χ4v) is 3.96. The summed E-state index contributed by atoms with van der Waals surface area (Å²) in [5.74, 6) is 0.125. The highest BCUT2D eigenvalue weighted by atomic mass is 32.2. The van der Waals surface area contributed by atoms with Gasteiger partial charge in [0, 0.05) is 12.6 Å². The topological polar surface area (TPSA) is 66.4 Å². The molecule has 2 N–H and O–H groups in total. The third-order valence-electron chi connectivity index (χ3n) is 3.65. The van der Waals surface area contributed by atoms with Crippen LogP contribution in [0.25, 0.3) is 0 Å². The van der Waals surface area contributed by atoms with Crippen molar-refractivity contribution in [1.29, 1.82) is 0 Å². The van der Waals surface area contributed by atoms with E-state index in [0.29, 0.717) is 12.8 Å². The van der Waals surface area contributed by atoms with Crippen LogP contribution in [-0.4, -0.2) is 31.9 Å². The van der Waals surface area contributed by atoms with Crippen molar-refractivity contribution in [3.63, 3.8) is 0 Å². The molecule has 1 unspecified atom stereocenters. The molecule has 1 fully saturated rings. The zero-order valence-corrected chi connectivity index (χ0v) is 11.7. The lowest BCUT2D eigenvalue weighted by Gasteiger charge is -2.38. The summed E-state index contributed by atoms with van der Waals surface area (Å²) in [6.07, 6.45) is 5.39. The second kappa shape index (κ2) is 6.16. The first kappa shape index (κ1) is 14.9. The molecule has 0 amide bonds. The molecule has 102 valence electrons. The molecule has 0 radical (unpaired) electrons. The highest BCUT2D eigenvalue weighted by Gasteiger charge is 2.34. The summed E-state index contributed by atoms with van der Waals surface area (Å²) in [7, 11) is -3.19. The van der Waals surface area contributed by atoms with Crippen LogP contribution in [0, 0.1) is 5.41 Å². The third kappa shape index (κ3) is 4.94. The van der Waals surface area contributed by atoms with Crippen LogP contribution in [0.15, 0.2) is 0 Å². The van der Waals surface area contributed by atoms with E-state index < -0.39 is 10.0 Å².